The van der Waals surface area contributed by atoms with E-state index in [1.807, 2.05) is 6.92 Å². The summed E-state index contributed by atoms with van der Waals surface area (Å²) in [5, 5.41) is 6.19. The largest absolute Gasteiger partial charge is 0.375 e. The van der Waals surface area contributed by atoms with E-state index in [1.54, 1.807) is 0 Å². The van der Waals surface area contributed by atoms with Crippen molar-refractivity contribution in [2.75, 3.05) is 45.9 Å². The molecule has 0 aliphatic carbocycles. The van der Waals surface area contributed by atoms with Crippen LogP contribution in [0.25, 0.3) is 0 Å². The van der Waals surface area contributed by atoms with Crippen molar-refractivity contribution in [1.29, 1.82) is 0 Å². The fourth-order valence-electron chi connectivity index (χ4n) is 2.78. The average molecular weight is 358 g/mol. The smallest absolute Gasteiger partial charge is 0.239 e. The maximum absolute atomic E-state index is 12.1. The Morgan fingerprint density at radius 3 is 2.73 bits per heavy atom. The van der Waals surface area contributed by atoms with Crippen LogP contribution in [0.1, 0.15) is 20.8 Å². The van der Waals surface area contributed by atoms with Crippen molar-refractivity contribution in [2.24, 2.45) is 0 Å². The van der Waals surface area contributed by atoms with Crippen molar-refractivity contribution in [3.05, 3.63) is 0 Å². The van der Waals surface area contributed by atoms with Crippen LogP contribution in [-0.2, 0) is 14.3 Å². The highest BCUT2D eigenvalue weighted by Gasteiger charge is 2.29. The zero-order valence-electron chi connectivity index (χ0n) is 13.6. The molecule has 2 aliphatic heterocycles. The zero-order valence-corrected chi connectivity index (χ0v) is 15.2. The van der Waals surface area contributed by atoms with Crippen LogP contribution in [0.2, 0.25) is 0 Å². The first-order chi connectivity index (χ1) is 9.48. The molecule has 0 saturated carbocycles. The lowest BCUT2D eigenvalue weighted by Crippen LogP contribution is -2.56. The number of amides is 1. The summed E-state index contributed by atoms with van der Waals surface area (Å²) < 4.78 is 11.2. The van der Waals surface area contributed by atoms with E-state index in [2.05, 4.69) is 29.4 Å². The molecule has 0 spiro atoms. The molecule has 0 bridgehead atoms. The third kappa shape index (κ3) is 6.56. The minimum Gasteiger partial charge on any atom is -0.375 e. The van der Waals surface area contributed by atoms with Crippen LogP contribution in [0.15, 0.2) is 0 Å². The molecule has 0 aromatic heterocycles. The number of carbonyl (C=O) groups is 1. The molecular formula is C14H29Cl2N3O3. The first-order valence-electron chi connectivity index (χ1n) is 7.47. The summed E-state index contributed by atoms with van der Waals surface area (Å²) >= 11 is 0. The highest BCUT2D eigenvalue weighted by atomic mass is 35.5. The van der Waals surface area contributed by atoms with Gasteiger partial charge in [-0.25, -0.2) is 0 Å². The summed E-state index contributed by atoms with van der Waals surface area (Å²) in [5.41, 5.74) is -0.0878. The molecule has 2 atom stereocenters. The molecule has 2 saturated heterocycles. The Hall–Kier alpha value is -0.110. The highest BCUT2D eigenvalue weighted by molar-refractivity contribution is 5.85. The van der Waals surface area contributed by atoms with Gasteiger partial charge in [0.05, 0.1) is 24.9 Å². The standard InChI is InChI=1S/C14H27N3O3.2ClH/c1-11-12(15-5-8-19-11)13(18)16-4-6-17-7-9-20-14(2,3)10-17;;/h11-12,15H,4-10H2,1-3H3,(H,16,18);2*1H/t11-,12+;;/m1../s1. The maximum atomic E-state index is 12.1. The van der Waals surface area contributed by atoms with Gasteiger partial charge in [-0.15, -0.1) is 24.8 Å². The quantitative estimate of drug-likeness (QED) is 0.764. The Balaban J connectivity index is 0.00000220. The number of morpholine rings is 2. The second kappa shape index (κ2) is 9.90. The molecule has 2 rings (SSSR count). The van der Waals surface area contributed by atoms with Gasteiger partial charge in [-0.2, -0.15) is 0 Å². The minimum absolute atomic E-state index is 0. The van der Waals surface area contributed by atoms with Crippen molar-refractivity contribution in [1.82, 2.24) is 15.5 Å². The van der Waals surface area contributed by atoms with Gasteiger partial charge in [0, 0.05) is 32.7 Å². The van der Waals surface area contributed by atoms with Crippen molar-refractivity contribution >= 4 is 30.7 Å². The van der Waals surface area contributed by atoms with Crippen LogP contribution in [0.4, 0.5) is 0 Å². The molecule has 0 aromatic rings. The second-order valence-corrected chi connectivity index (χ2v) is 6.18. The van der Waals surface area contributed by atoms with Crippen molar-refractivity contribution in [3.8, 4) is 0 Å². The Morgan fingerprint density at radius 2 is 2.09 bits per heavy atom. The molecule has 8 heteroatoms. The lowest BCUT2D eigenvalue weighted by molar-refractivity contribution is -0.129. The lowest BCUT2D eigenvalue weighted by atomic mass is 10.1. The Bertz CT molecular complexity index is 345. The van der Waals surface area contributed by atoms with E-state index in [0.717, 1.165) is 32.8 Å². The van der Waals surface area contributed by atoms with E-state index in [4.69, 9.17) is 9.47 Å². The van der Waals surface area contributed by atoms with E-state index >= 15 is 0 Å². The third-order valence-corrected chi connectivity index (χ3v) is 3.83. The summed E-state index contributed by atoms with van der Waals surface area (Å²) in [6, 6.07) is -0.232. The molecule has 2 aliphatic rings. The lowest BCUT2D eigenvalue weighted by Gasteiger charge is -2.38. The second-order valence-electron chi connectivity index (χ2n) is 6.18. The van der Waals surface area contributed by atoms with Crippen molar-refractivity contribution in [3.63, 3.8) is 0 Å². The summed E-state index contributed by atoms with van der Waals surface area (Å²) in [6.45, 7) is 11.7. The molecule has 1 amide bonds. The Labute approximate surface area is 145 Å². The van der Waals surface area contributed by atoms with Crippen LogP contribution < -0.4 is 10.6 Å². The van der Waals surface area contributed by atoms with Gasteiger partial charge >= 0.3 is 0 Å². The third-order valence-electron chi connectivity index (χ3n) is 3.83. The number of hydrogen-bond donors (Lipinski definition) is 2. The first-order valence-corrected chi connectivity index (χ1v) is 7.47. The van der Waals surface area contributed by atoms with Crippen molar-refractivity contribution < 1.29 is 14.3 Å². The van der Waals surface area contributed by atoms with E-state index in [-0.39, 0.29) is 48.5 Å². The van der Waals surface area contributed by atoms with Crippen LogP contribution in [-0.4, -0.2) is 74.5 Å². The van der Waals surface area contributed by atoms with Crippen LogP contribution in [0, 0.1) is 0 Å². The van der Waals surface area contributed by atoms with Gasteiger partial charge in [0.15, 0.2) is 0 Å². The van der Waals surface area contributed by atoms with Gasteiger partial charge in [0.1, 0.15) is 6.04 Å². The van der Waals surface area contributed by atoms with Gasteiger partial charge in [-0.3, -0.25) is 9.69 Å². The molecule has 0 aromatic carbocycles. The van der Waals surface area contributed by atoms with Gasteiger partial charge in [0.25, 0.3) is 0 Å². The molecule has 0 radical (unpaired) electrons. The topological polar surface area (TPSA) is 62.8 Å². The normalized spacial score (nSPS) is 28.1. The molecular weight excluding hydrogens is 329 g/mol. The fraction of sp³-hybridized carbons (Fsp3) is 0.929. The monoisotopic (exact) mass is 357 g/mol. The van der Waals surface area contributed by atoms with E-state index in [1.165, 1.54) is 0 Å². The number of nitrogens with zero attached hydrogens (tertiary/aromatic N) is 1. The van der Waals surface area contributed by atoms with E-state index in [9.17, 15) is 4.79 Å². The van der Waals surface area contributed by atoms with Crippen LogP contribution in [0.5, 0.6) is 0 Å². The highest BCUT2D eigenvalue weighted by Crippen LogP contribution is 2.15. The summed E-state index contributed by atoms with van der Waals surface area (Å²) in [4.78, 5) is 14.4. The number of hydrogen-bond acceptors (Lipinski definition) is 5. The molecule has 2 fully saturated rings. The molecule has 0 unspecified atom stereocenters. The zero-order chi connectivity index (χ0) is 14.6. The maximum Gasteiger partial charge on any atom is 0.239 e. The molecule has 132 valence electrons. The SMILES string of the molecule is C[C@H]1OCCN[C@@H]1C(=O)NCCN1CCOC(C)(C)C1.Cl.Cl. The number of halogens is 2. The number of ether oxygens (including phenoxy) is 2. The summed E-state index contributed by atoms with van der Waals surface area (Å²) in [6.07, 6.45) is -0.0638. The number of carbonyl (C=O) groups excluding carboxylic acids is 1. The molecule has 2 heterocycles. The van der Waals surface area contributed by atoms with Gasteiger partial charge in [-0.05, 0) is 20.8 Å². The molecule has 22 heavy (non-hydrogen) atoms. The molecule has 2 N–H and O–H groups in total. The number of nitrogens with one attached hydrogen (secondary N) is 2. The van der Waals surface area contributed by atoms with Gasteiger partial charge in [-0.1, -0.05) is 0 Å². The first kappa shape index (κ1) is 21.9. The van der Waals surface area contributed by atoms with Gasteiger partial charge < -0.3 is 20.1 Å². The molecule has 6 nitrogen and oxygen atoms in total. The average Bonchev–Trinajstić information content (AvgIpc) is 2.38. The van der Waals surface area contributed by atoms with Crippen LogP contribution in [0.3, 0.4) is 0 Å². The minimum atomic E-state index is -0.232. The Morgan fingerprint density at radius 1 is 1.36 bits per heavy atom. The van der Waals surface area contributed by atoms with E-state index < -0.39 is 0 Å². The Kier molecular flexibility index (Phi) is 9.85. The fourth-order valence-corrected chi connectivity index (χ4v) is 2.78. The predicted octanol–water partition coefficient (Wildman–Crippen LogP) is 0.434. The summed E-state index contributed by atoms with van der Waals surface area (Å²) in [5.74, 6) is 0.0321. The van der Waals surface area contributed by atoms with Crippen molar-refractivity contribution in [2.45, 2.75) is 38.5 Å². The van der Waals surface area contributed by atoms with Crippen LogP contribution >= 0.6 is 24.8 Å². The van der Waals surface area contributed by atoms with E-state index in [0.29, 0.717) is 13.2 Å². The predicted molar refractivity (Wildman–Crippen MR) is 91.2 cm³/mol. The van der Waals surface area contributed by atoms with Gasteiger partial charge in [0.2, 0.25) is 5.91 Å². The number of rotatable bonds is 4. The summed E-state index contributed by atoms with van der Waals surface area (Å²) in [7, 11) is 0.